The minimum absolute atomic E-state index is 0.0828. The third-order valence-corrected chi connectivity index (χ3v) is 6.33. The summed E-state index contributed by atoms with van der Waals surface area (Å²) in [6, 6.07) is 9.49. The summed E-state index contributed by atoms with van der Waals surface area (Å²) in [4.78, 5) is 16.6. The first-order valence-electron chi connectivity index (χ1n) is 9.08. The second-order valence-corrected chi connectivity index (χ2v) is 9.00. The fraction of sp³-hybridized carbons (Fsp3) is 0.474. The van der Waals surface area contributed by atoms with Gasteiger partial charge in [0.05, 0.1) is 29.9 Å². The molecule has 1 aliphatic rings. The quantitative estimate of drug-likeness (QED) is 0.803. The molecule has 2 atom stereocenters. The molecule has 2 heterocycles. The molecule has 1 amide bonds. The SMILES string of the molecule is C[C@H]1CN(S(=O)(=O)CCNC(=O)Cc2cccc3cccnc23)C[C@H](C)O1. The Hall–Kier alpha value is -2.03. The van der Waals surface area contributed by atoms with Gasteiger partial charge in [0.15, 0.2) is 0 Å². The van der Waals surface area contributed by atoms with Crippen molar-refractivity contribution in [3.8, 4) is 0 Å². The zero-order chi connectivity index (χ0) is 19.4. The topological polar surface area (TPSA) is 88.6 Å². The predicted molar refractivity (Wildman–Crippen MR) is 104 cm³/mol. The Balaban J connectivity index is 1.55. The molecule has 2 aromatic rings. The van der Waals surface area contributed by atoms with Crippen LogP contribution >= 0.6 is 0 Å². The van der Waals surface area contributed by atoms with E-state index >= 15 is 0 Å². The van der Waals surface area contributed by atoms with E-state index in [1.54, 1.807) is 6.20 Å². The number of morpholine rings is 1. The Kier molecular flexibility index (Phi) is 6.08. The van der Waals surface area contributed by atoms with Crippen LogP contribution in [0.15, 0.2) is 36.5 Å². The summed E-state index contributed by atoms with van der Waals surface area (Å²) in [7, 11) is -3.43. The third-order valence-electron chi connectivity index (χ3n) is 4.53. The molecule has 1 aliphatic heterocycles. The zero-order valence-electron chi connectivity index (χ0n) is 15.6. The molecule has 0 spiro atoms. The van der Waals surface area contributed by atoms with Crippen LogP contribution in [0.25, 0.3) is 10.9 Å². The number of ether oxygens (including phenoxy) is 1. The van der Waals surface area contributed by atoms with Gasteiger partial charge >= 0.3 is 0 Å². The standard InChI is InChI=1S/C19H25N3O4S/c1-14-12-22(13-15(2)26-14)27(24,25)10-9-20-18(23)11-17-6-3-5-16-7-4-8-21-19(16)17/h3-8,14-15H,9-13H2,1-2H3,(H,20,23)/t14-,15-/m0/s1. The van der Waals surface area contributed by atoms with Crippen molar-refractivity contribution in [2.24, 2.45) is 0 Å². The van der Waals surface area contributed by atoms with Gasteiger partial charge in [0.2, 0.25) is 15.9 Å². The molecular formula is C19H25N3O4S. The Morgan fingerprint density at radius 1 is 1.22 bits per heavy atom. The average molecular weight is 391 g/mol. The highest BCUT2D eigenvalue weighted by Crippen LogP contribution is 2.17. The minimum atomic E-state index is -3.43. The van der Waals surface area contributed by atoms with Crippen LogP contribution in [0.5, 0.6) is 0 Å². The highest BCUT2D eigenvalue weighted by molar-refractivity contribution is 7.89. The Bertz CT molecular complexity index is 901. The number of hydrogen-bond donors (Lipinski definition) is 1. The van der Waals surface area contributed by atoms with Crippen LogP contribution in [-0.2, 0) is 26.0 Å². The van der Waals surface area contributed by atoms with Crippen LogP contribution in [0.2, 0.25) is 0 Å². The van der Waals surface area contributed by atoms with E-state index in [-0.39, 0.29) is 36.8 Å². The van der Waals surface area contributed by atoms with Gasteiger partial charge < -0.3 is 10.1 Å². The van der Waals surface area contributed by atoms with Crippen molar-refractivity contribution in [2.45, 2.75) is 32.5 Å². The lowest BCUT2D eigenvalue weighted by Crippen LogP contribution is -2.49. The van der Waals surface area contributed by atoms with Gasteiger partial charge in [-0.2, -0.15) is 4.31 Å². The van der Waals surface area contributed by atoms with E-state index in [1.807, 2.05) is 44.2 Å². The van der Waals surface area contributed by atoms with E-state index in [9.17, 15) is 13.2 Å². The van der Waals surface area contributed by atoms with Crippen molar-refractivity contribution in [2.75, 3.05) is 25.4 Å². The Labute approximate surface area is 159 Å². The van der Waals surface area contributed by atoms with Crippen LogP contribution in [0.4, 0.5) is 0 Å². The maximum Gasteiger partial charge on any atom is 0.224 e. The molecule has 7 nitrogen and oxygen atoms in total. The largest absolute Gasteiger partial charge is 0.373 e. The van der Waals surface area contributed by atoms with Crippen LogP contribution in [-0.4, -0.2) is 61.2 Å². The van der Waals surface area contributed by atoms with Crippen molar-refractivity contribution in [3.05, 3.63) is 42.1 Å². The number of pyridine rings is 1. The Morgan fingerprint density at radius 3 is 2.67 bits per heavy atom. The van der Waals surface area contributed by atoms with Crippen LogP contribution < -0.4 is 5.32 Å². The number of nitrogens with zero attached hydrogens (tertiary/aromatic N) is 2. The number of amides is 1. The van der Waals surface area contributed by atoms with E-state index in [0.29, 0.717) is 13.1 Å². The molecule has 0 aliphatic carbocycles. The molecular weight excluding hydrogens is 366 g/mol. The molecule has 0 unspecified atom stereocenters. The summed E-state index contributed by atoms with van der Waals surface area (Å²) < 4.78 is 32.0. The number of carbonyl (C=O) groups excluding carboxylic acids is 1. The van der Waals surface area contributed by atoms with Crippen molar-refractivity contribution in [1.82, 2.24) is 14.6 Å². The lowest BCUT2D eigenvalue weighted by Gasteiger charge is -2.34. The average Bonchev–Trinajstić information content (AvgIpc) is 2.61. The molecule has 27 heavy (non-hydrogen) atoms. The van der Waals surface area contributed by atoms with Crippen LogP contribution in [0.3, 0.4) is 0 Å². The van der Waals surface area contributed by atoms with E-state index < -0.39 is 10.0 Å². The number of para-hydroxylation sites is 1. The summed E-state index contributed by atoms with van der Waals surface area (Å²) >= 11 is 0. The van der Waals surface area contributed by atoms with Gasteiger partial charge in [0.25, 0.3) is 0 Å². The molecule has 1 aromatic carbocycles. The van der Waals surface area contributed by atoms with E-state index in [4.69, 9.17) is 4.74 Å². The van der Waals surface area contributed by atoms with Crippen LogP contribution in [0.1, 0.15) is 19.4 Å². The molecule has 0 bridgehead atoms. The van der Waals surface area contributed by atoms with Crippen molar-refractivity contribution >= 4 is 26.8 Å². The number of benzene rings is 1. The van der Waals surface area contributed by atoms with Gasteiger partial charge in [-0.1, -0.05) is 24.3 Å². The van der Waals surface area contributed by atoms with Crippen molar-refractivity contribution < 1.29 is 17.9 Å². The molecule has 1 N–H and O–H groups in total. The van der Waals surface area contributed by atoms with Gasteiger partial charge in [0.1, 0.15) is 0 Å². The number of hydrogen-bond acceptors (Lipinski definition) is 5. The maximum absolute atomic E-state index is 12.5. The number of aromatic nitrogens is 1. The third kappa shape index (κ3) is 5.03. The molecule has 1 fully saturated rings. The number of fused-ring (bicyclic) bond motifs is 1. The van der Waals surface area contributed by atoms with Gasteiger partial charge in [-0.05, 0) is 25.5 Å². The highest BCUT2D eigenvalue weighted by atomic mass is 32.2. The summed E-state index contributed by atoms with van der Waals surface area (Å²) in [5, 5.41) is 3.68. The summed E-state index contributed by atoms with van der Waals surface area (Å²) in [6.07, 6.45) is 1.61. The maximum atomic E-state index is 12.5. The molecule has 146 valence electrons. The van der Waals surface area contributed by atoms with E-state index in [1.165, 1.54) is 4.31 Å². The monoisotopic (exact) mass is 391 g/mol. The number of sulfonamides is 1. The molecule has 3 rings (SSSR count). The number of nitrogens with one attached hydrogen (secondary N) is 1. The first-order chi connectivity index (χ1) is 12.8. The van der Waals surface area contributed by atoms with E-state index in [0.717, 1.165) is 16.5 Å². The first-order valence-corrected chi connectivity index (χ1v) is 10.7. The van der Waals surface area contributed by atoms with Crippen molar-refractivity contribution in [1.29, 1.82) is 0 Å². The molecule has 0 saturated carbocycles. The predicted octanol–water partition coefficient (Wildman–Crippen LogP) is 1.33. The molecule has 0 radical (unpaired) electrons. The van der Waals surface area contributed by atoms with Gasteiger partial charge in [0, 0.05) is 31.2 Å². The fourth-order valence-corrected chi connectivity index (χ4v) is 4.84. The lowest BCUT2D eigenvalue weighted by molar-refractivity contribution is -0.120. The molecule has 1 saturated heterocycles. The normalized spacial score (nSPS) is 21.3. The van der Waals surface area contributed by atoms with Gasteiger partial charge in [-0.3, -0.25) is 9.78 Å². The zero-order valence-corrected chi connectivity index (χ0v) is 16.4. The van der Waals surface area contributed by atoms with Crippen molar-refractivity contribution in [3.63, 3.8) is 0 Å². The Morgan fingerprint density at radius 2 is 1.93 bits per heavy atom. The van der Waals surface area contributed by atoms with Gasteiger partial charge in [-0.15, -0.1) is 0 Å². The first kappa shape index (κ1) is 19.7. The molecule has 1 aromatic heterocycles. The highest BCUT2D eigenvalue weighted by Gasteiger charge is 2.30. The molecule has 8 heteroatoms. The fourth-order valence-electron chi connectivity index (χ4n) is 3.35. The number of rotatable bonds is 6. The lowest BCUT2D eigenvalue weighted by atomic mass is 10.1. The summed E-state index contributed by atoms with van der Waals surface area (Å²) in [5.41, 5.74) is 1.61. The summed E-state index contributed by atoms with van der Waals surface area (Å²) in [5.74, 6) is -0.335. The number of carbonyl (C=O) groups is 1. The van der Waals surface area contributed by atoms with Gasteiger partial charge in [-0.25, -0.2) is 8.42 Å². The van der Waals surface area contributed by atoms with E-state index in [2.05, 4.69) is 10.3 Å². The second kappa shape index (κ2) is 8.33. The van der Waals surface area contributed by atoms with Crippen LogP contribution in [0, 0.1) is 0 Å². The smallest absolute Gasteiger partial charge is 0.224 e. The summed E-state index contributed by atoms with van der Waals surface area (Å²) in [6.45, 7) is 4.50. The minimum Gasteiger partial charge on any atom is -0.373 e. The second-order valence-electron chi connectivity index (χ2n) is 6.91.